The van der Waals surface area contributed by atoms with E-state index in [9.17, 15) is 4.39 Å². The Kier molecular flexibility index (Phi) is 9.84. The summed E-state index contributed by atoms with van der Waals surface area (Å²) in [6.45, 7) is 8.44. The van der Waals surface area contributed by atoms with Gasteiger partial charge < -0.3 is 9.64 Å². The third-order valence-electron chi connectivity index (χ3n) is 3.46. The van der Waals surface area contributed by atoms with Crippen LogP contribution in [0.5, 0.6) is 0 Å². The Morgan fingerprint density at radius 1 is 1.38 bits per heavy atom. The molecule has 0 saturated carbocycles. The van der Waals surface area contributed by atoms with Crippen molar-refractivity contribution in [2.45, 2.75) is 34.1 Å². The lowest BCUT2D eigenvalue weighted by atomic mass is 10.2. The zero-order valence-corrected chi connectivity index (χ0v) is 18.2. The van der Waals surface area contributed by atoms with Crippen molar-refractivity contribution in [2.75, 3.05) is 18.6 Å². The highest BCUT2D eigenvalue weighted by atomic mass is 79.9. The van der Waals surface area contributed by atoms with E-state index < -0.39 is 0 Å². The molecule has 1 aliphatic heterocycles. The number of hydrogen-bond donors (Lipinski definition) is 0. The molecular formula is C20H25BrClFN2O. The molecule has 0 fully saturated rings. The van der Waals surface area contributed by atoms with Gasteiger partial charge >= 0.3 is 0 Å². The van der Waals surface area contributed by atoms with Gasteiger partial charge in [0, 0.05) is 31.1 Å². The number of halogens is 3. The topological polar surface area (TPSA) is 24.8 Å². The molecule has 0 aliphatic carbocycles. The van der Waals surface area contributed by atoms with Gasteiger partial charge in [0.2, 0.25) is 0 Å². The van der Waals surface area contributed by atoms with Crippen molar-refractivity contribution in [3.05, 3.63) is 63.3 Å². The van der Waals surface area contributed by atoms with Crippen LogP contribution in [0.4, 0.5) is 10.1 Å². The van der Waals surface area contributed by atoms with Crippen molar-refractivity contribution in [2.24, 2.45) is 4.99 Å². The second-order valence-corrected chi connectivity index (χ2v) is 6.95. The highest BCUT2D eigenvalue weighted by molar-refractivity contribution is 9.12. The van der Waals surface area contributed by atoms with Crippen LogP contribution in [0, 0.1) is 12.7 Å². The fraction of sp³-hybridized carbons (Fsp3) is 0.350. The van der Waals surface area contributed by atoms with E-state index in [1.165, 1.54) is 6.07 Å². The van der Waals surface area contributed by atoms with Gasteiger partial charge in [-0.05, 0) is 60.8 Å². The zero-order chi connectivity index (χ0) is 19.7. The molecule has 0 N–H and O–H groups in total. The van der Waals surface area contributed by atoms with Crippen LogP contribution in [0.3, 0.4) is 0 Å². The number of methoxy groups -OCH3 is 1. The summed E-state index contributed by atoms with van der Waals surface area (Å²) in [5.41, 5.74) is 2.69. The molecule has 0 aromatic heterocycles. The SMILES string of the molecule is CC/C=C/N=C1/C(Br)=CN(c2ccc(C)cc2F)/C1=C(/C)Cl.CCOC. The monoisotopic (exact) mass is 442 g/mol. The molecule has 26 heavy (non-hydrogen) atoms. The molecular weight excluding hydrogens is 419 g/mol. The molecule has 6 heteroatoms. The molecule has 1 aromatic carbocycles. The van der Waals surface area contributed by atoms with E-state index in [0.717, 1.165) is 23.1 Å². The zero-order valence-electron chi connectivity index (χ0n) is 15.8. The van der Waals surface area contributed by atoms with Crippen LogP contribution >= 0.6 is 27.5 Å². The molecule has 0 bridgehead atoms. The lowest BCUT2D eigenvalue weighted by Crippen LogP contribution is -2.17. The maximum absolute atomic E-state index is 14.3. The molecule has 0 radical (unpaired) electrons. The first-order chi connectivity index (χ1) is 12.4. The predicted molar refractivity (Wildman–Crippen MR) is 114 cm³/mol. The third kappa shape index (κ3) is 6.08. The van der Waals surface area contributed by atoms with E-state index in [-0.39, 0.29) is 5.82 Å². The number of ether oxygens (including phenoxy) is 1. The average Bonchev–Trinajstić information content (AvgIpc) is 2.92. The van der Waals surface area contributed by atoms with Crippen molar-refractivity contribution in [1.29, 1.82) is 0 Å². The van der Waals surface area contributed by atoms with Gasteiger partial charge in [0.1, 0.15) is 11.5 Å². The Morgan fingerprint density at radius 3 is 2.54 bits per heavy atom. The van der Waals surface area contributed by atoms with Crippen molar-refractivity contribution in [3.63, 3.8) is 0 Å². The molecule has 0 atom stereocenters. The number of aliphatic imine (C=N–C) groups is 1. The van der Waals surface area contributed by atoms with Gasteiger partial charge in [0.05, 0.1) is 15.9 Å². The van der Waals surface area contributed by atoms with Crippen LogP contribution in [-0.2, 0) is 4.74 Å². The summed E-state index contributed by atoms with van der Waals surface area (Å²) in [6.07, 6.45) is 6.36. The minimum atomic E-state index is -0.294. The average molecular weight is 444 g/mol. The highest BCUT2D eigenvalue weighted by Gasteiger charge is 2.28. The Hall–Kier alpha value is -1.43. The molecule has 1 aromatic rings. The van der Waals surface area contributed by atoms with Crippen molar-refractivity contribution in [3.8, 4) is 0 Å². The van der Waals surface area contributed by atoms with E-state index in [0.29, 0.717) is 22.1 Å². The van der Waals surface area contributed by atoms with Gasteiger partial charge in [0.15, 0.2) is 0 Å². The molecule has 0 spiro atoms. The maximum Gasteiger partial charge on any atom is 0.147 e. The lowest BCUT2D eigenvalue weighted by molar-refractivity contribution is 0.215. The first kappa shape index (κ1) is 22.6. The maximum atomic E-state index is 14.3. The lowest BCUT2D eigenvalue weighted by Gasteiger charge is -2.20. The van der Waals surface area contributed by atoms with Crippen molar-refractivity contribution >= 4 is 38.9 Å². The second-order valence-electron chi connectivity index (χ2n) is 5.53. The Bertz CT molecular complexity index is 735. The van der Waals surface area contributed by atoms with Crippen LogP contribution in [-0.4, -0.2) is 19.4 Å². The van der Waals surface area contributed by atoms with Crippen molar-refractivity contribution < 1.29 is 9.13 Å². The first-order valence-corrected chi connectivity index (χ1v) is 9.55. The summed E-state index contributed by atoms with van der Waals surface area (Å²) in [7, 11) is 1.68. The van der Waals surface area contributed by atoms with Crippen molar-refractivity contribution in [1.82, 2.24) is 0 Å². The molecule has 1 aliphatic rings. The smallest absolute Gasteiger partial charge is 0.147 e. The van der Waals surface area contributed by atoms with E-state index >= 15 is 0 Å². The number of hydrogen-bond acceptors (Lipinski definition) is 3. The van der Waals surface area contributed by atoms with Crippen LogP contribution in [0.1, 0.15) is 32.8 Å². The van der Waals surface area contributed by atoms with Gasteiger partial charge in [0.25, 0.3) is 0 Å². The van der Waals surface area contributed by atoms with Crippen LogP contribution in [0.2, 0.25) is 0 Å². The molecule has 0 saturated heterocycles. The van der Waals surface area contributed by atoms with Gasteiger partial charge in [-0.3, -0.25) is 4.99 Å². The van der Waals surface area contributed by atoms with E-state index in [1.54, 1.807) is 37.4 Å². The largest absolute Gasteiger partial charge is 0.385 e. The quantitative estimate of drug-likeness (QED) is 0.518. The normalized spacial score (nSPS) is 17.5. The molecule has 0 amide bonds. The Balaban J connectivity index is 0.000000765. The summed E-state index contributed by atoms with van der Waals surface area (Å²) in [4.78, 5) is 6.16. The summed E-state index contributed by atoms with van der Waals surface area (Å²) in [6, 6.07) is 5.12. The molecule has 1 heterocycles. The minimum Gasteiger partial charge on any atom is -0.385 e. The number of nitrogens with zero attached hydrogens (tertiary/aromatic N) is 2. The standard InChI is InChI=1S/C17H17BrClFN2.C3H8O/c1-4-5-8-21-16-13(18)10-22(17(16)12(3)19)15-7-6-11(2)9-14(15)20;1-3-4-2/h5-10H,4H2,1-3H3;3H2,1-2H3/b8-5+,17-12-,21-16-;. The number of aryl methyl sites for hydroxylation is 1. The Morgan fingerprint density at radius 2 is 2.04 bits per heavy atom. The van der Waals surface area contributed by atoms with Gasteiger partial charge in [-0.1, -0.05) is 30.7 Å². The van der Waals surface area contributed by atoms with Gasteiger partial charge in [-0.25, -0.2) is 4.39 Å². The first-order valence-electron chi connectivity index (χ1n) is 8.38. The molecule has 2 rings (SSSR count). The van der Waals surface area contributed by atoms with E-state index in [4.69, 9.17) is 11.6 Å². The fourth-order valence-electron chi connectivity index (χ4n) is 2.15. The van der Waals surface area contributed by atoms with E-state index in [2.05, 4.69) is 25.7 Å². The number of rotatable bonds is 4. The molecule has 0 unspecified atom stereocenters. The third-order valence-corrected chi connectivity index (χ3v) is 4.22. The summed E-state index contributed by atoms with van der Waals surface area (Å²) in [5.74, 6) is -0.294. The highest BCUT2D eigenvalue weighted by Crippen LogP contribution is 2.36. The second kappa shape index (κ2) is 11.3. The minimum absolute atomic E-state index is 0.294. The van der Waals surface area contributed by atoms with E-state index in [1.807, 2.05) is 32.9 Å². The predicted octanol–water partition coefficient (Wildman–Crippen LogP) is 6.68. The van der Waals surface area contributed by atoms with Crippen LogP contribution < -0.4 is 4.90 Å². The number of anilines is 1. The van der Waals surface area contributed by atoms with Crippen LogP contribution in [0.25, 0.3) is 0 Å². The fourth-order valence-corrected chi connectivity index (χ4v) is 2.82. The van der Waals surface area contributed by atoms with Gasteiger partial charge in [-0.2, -0.15) is 0 Å². The molecule has 142 valence electrons. The van der Waals surface area contributed by atoms with Crippen LogP contribution in [0.15, 0.2) is 56.9 Å². The summed E-state index contributed by atoms with van der Waals surface area (Å²) < 4.78 is 19.6. The van der Waals surface area contributed by atoms with Gasteiger partial charge in [-0.15, -0.1) is 0 Å². The molecule has 3 nitrogen and oxygen atoms in total. The number of allylic oxidation sites excluding steroid dienone is 3. The summed E-state index contributed by atoms with van der Waals surface area (Å²) in [5, 5.41) is 0.550. The number of benzene rings is 1. The Labute approximate surface area is 169 Å². The summed E-state index contributed by atoms with van der Waals surface area (Å²) >= 11 is 9.72.